The second-order valence-corrected chi connectivity index (χ2v) is 4.86. The Morgan fingerprint density at radius 2 is 1.95 bits per heavy atom. The molecule has 0 amide bonds. The van der Waals surface area contributed by atoms with E-state index >= 15 is 0 Å². The van der Waals surface area contributed by atoms with Gasteiger partial charge >= 0.3 is 6.18 Å². The van der Waals surface area contributed by atoms with Crippen molar-refractivity contribution in [1.29, 1.82) is 0 Å². The lowest BCUT2D eigenvalue weighted by molar-refractivity contribution is -0.119. The number of aliphatic hydroxyl groups excluding tert-OH is 1. The number of benzene rings is 1. The number of halogens is 3. The molecule has 2 aromatic rings. The largest absolute Gasteiger partial charge is 0.405 e. The number of hydrogen-bond acceptors (Lipinski definition) is 3. The van der Waals surface area contributed by atoms with Crippen molar-refractivity contribution >= 4 is 16.7 Å². The highest BCUT2D eigenvalue weighted by Crippen LogP contribution is 2.27. The Kier molecular flexibility index (Phi) is 4.67. The first-order valence-electron chi connectivity index (χ1n) is 6.76. The topological polar surface area (TPSA) is 36.4 Å². The van der Waals surface area contributed by atoms with Gasteiger partial charge in [0.1, 0.15) is 12.4 Å². The first-order valence-corrected chi connectivity index (χ1v) is 6.76. The van der Waals surface area contributed by atoms with Crippen LogP contribution in [0.3, 0.4) is 0 Å². The van der Waals surface area contributed by atoms with Crippen LogP contribution < -0.4 is 4.90 Å². The Balaban J connectivity index is 2.49. The fourth-order valence-electron chi connectivity index (χ4n) is 2.29. The molecule has 1 aromatic heterocycles. The Bertz CT molecular complexity index is 613. The predicted octanol–water partition coefficient (Wildman–Crippen LogP) is 3.51. The van der Waals surface area contributed by atoms with E-state index in [0.717, 1.165) is 5.39 Å². The maximum absolute atomic E-state index is 12.7. The summed E-state index contributed by atoms with van der Waals surface area (Å²) in [6.45, 7) is 0.630. The minimum atomic E-state index is -4.31. The van der Waals surface area contributed by atoms with Crippen LogP contribution in [0.4, 0.5) is 19.0 Å². The number of alkyl halides is 3. The summed E-state index contributed by atoms with van der Waals surface area (Å²) in [6, 6.07) is 8.86. The Hall–Kier alpha value is -1.82. The number of nitrogens with zero attached hydrogens (tertiary/aromatic N) is 2. The summed E-state index contributed by atoms with van der Waals surface area (Å²) < 4.78 is 38.2. The highest BCUT2D eigenvalue weighted by Gasteiger charge is 2.32. The van der Waals surface area contributed by atoms with Gasteiger partial charge in [-0.05, 0) is 18.6 Å². The molecular weight excluding hydrogens is 281 g/mol. The zero-order valence-corrected chi connectivity index (χ0v) is 11.7. The molecule has 0 atom stereocenters. The summed E-state index contributed by atoms with van der Waals surface area (Å²) in [4.78, 5) is 5.49. The highest BCUT2D eigenvalue weighted by molar-refractivity contribution is 5.81. The van der Waals surface area contributed by atoms with Crippen LogP contribution in [0.25, 0.3) is 10.9 Å². The van der Waals surface area contributed by atoms with Crippen molar-refractivity contribution in [2.75, 3.05) is 18.0 Å². The van der Waals surface area contributed by atoms with E-state index in [1.807, 2.05) is 19.1 Å². The third-order valence-electron chi connectivity index (χ3n) is 3.11. The second-order valence-electron chi connectivity index (χ2n) is 4.86. The molecule has 0 fully saturated rings. The van der Waals surface area contributed by atoms with Gasteiger partial charge in [-0.15, -0.1) is 0 Å². The van der Waals surface area contributed by atoms with Crippen LogP contribution >= 0.6 is 0 Å². The van der Waals surface area contributed by atoms with Gasteiger partial charge in [0.2, 0.25) is 0 Å². The molecule has 0 aliphatic carbocycles. The summed E-state index contributed by atoms with van der Waals surface area (Å²) in [5.41, 5.74) is 1.03. The highest BCUT2D eigenvalue weighted by atomic mass is 19.4. The summed E-state index contributed by atoms with van der Waals surface area (Å²) >= 11 is 0. The van der Waals surface area contributed by atoms with Crippen molar-refractivity contribution in [3.05, 3.63) is 35.9 Å². The minimum Gasteiger partial charge on any atom is -0.392 e. The van der Waals surface area contributed by atoms with Gasteiger partial charge in [-0.2, -0.15) is 13.2 Å². The van der Waals surface area contributed by atoms with E-state index in [0.29, 0.717) is 17.5 Å². The van der Waals surface area contributed by atoms with Gasteiger partial charge in [0, 0.05) is 17.5 Å². The zero-order chi connectivity index (χ0) is 15.5. The molecule has 0 bridgehead atoms. The molecule has 0 aliphatic heterocycles. The first kappa shape index (κ1) is 15.6. The first-order chi connectivity index (χ1) is 9.94. The molecule has 1 aromatic carbocycles. The summed E-state index contributed by atoms with van der Waals surface area (Å²) in [5, 5.41) is 10.2. The second kappa shape index (κ2) is 6.30. The molecule has 6 heteroatoms. The molecule has 0 radical (unpaired) electrons. The van der Waals surface area contributed by atoms with E-state index in [1.165, 1.54) is 4.90 Å². The molecule has 1 N–H and O–H groups in total. The van der Waals surface area contributed by atoms with Gasteiger partial charge in [0.15, 0.2) is 0 Å². The molecular formula is C15H17F3N2O. The van der Waals surface area contributed by atoms with Crippen LogP contribution in [0.15, 0.2) is 30.3 Å². The maximum atomic E-state index is 12.7. The van der Waals surface area contributed by atoms with Gasteiger partial charge in [0.25, 0.3) is 0 Å². The van der Waals surface area contributed by atoms with Crippen molar-refractivity contribution in [3.63, 3.8) is 0 Å². The van der Waals surface area contributed by atoms with Crippen LogP contribution in [0, 0.1) is 0 Å². The van der Waals surface area contributed by atoms with Crippen molar-refractivity contribution in [2.45, 2.75) is 26.1 Å². The van der Waals surface area contributed by atoms with E-state index in [4.69, 9.17) is 0 Å². The smallest absolute Gasteiger partial charge is 0.392 e. The maximum Gasteiger partial charge on any atom is 0.405 e. The number of fused-ring (bicyclic) bond motifs is 1. The standard InChI is InChI=1S/C15H17F3N2O/c1-2-7-20(10-15(16,17)18)14-12(9-21)8-11-5-3-4-6-13(11)19-14/h3-6,8,21H,2,7,9-10H2,1H3. The molecule has 0 aliphatic rings. The Morgan fingerprint density at radius 3 is 2.57 bits per heavy atom. The number of pyridine rings is 1. The molecule has 1 heterocycles. The van der Waals surface area contributed by atoms with Gasteiger partial charge in [-0.3, -0.25) is 0 Å². The summed E-state index contributed by atoms with van der Waals surface area (Å²) in [6.07, 6.45) is -3.75. The van der Waals surface area contributed by atoms with Crippen LogP contribution in [-0.2, 0) is 6.61 Å². The molecule has 21 heavy (non-hydrogen) atoms. The van der Waals surface area contributed by atoms with Crippen LogP contribution in [0.5, 0.6) is 0 Å². The quantitative estimate of drug-likeness (QED) is 0.917. The molecule has 0 unspecified atom stereocenters. The lowest BCUT2D eigenvalue weighted by Gasteiger charge is -2.26. The average molecular weight is 298 g/mol. The number of aliphatic hydroxyl groups is 1. The molecule has 0 saturated heterocycles. The molecule has 3 nitrogen and oxygen atoms in total. The van der Waals surface area contributed by atoms with Crippen molar-refractivity contribution < 1.29 is 18.3 Å². The van der Waals surface area contributed by atoms with E-state index in [-0.39, 0.29) is 19.0 Å². The van der Waals surface area contributed by atoms with Crippen molar-refractivity contribution in [1.82, 2.24) is 4.98 Å². The normalized spacial score (nSPS) is 11.9. The van der Waals surface area contributed by atoms with E-state index in [1.54, 1.807) is 18.2 Å². The monoisotopic (exact) mass is 298 g/mol. The number of rotatable bonds is 5. The van der Waals surface area contributed by atoms with E-state index in [9.17, 15) is 18.3 Å². The lowest BCUT2D eigenvalue weighted by Crippen LogP contribution is -2.36. The lowest BCUT2D eigenvalue weighted by atomic mass is 10.1. The fraction of sp³-hybridized carbons (Fsp3) is 0.400. The number of anilines is 1. The van der Waals surface area contributed by atoms with Crippen LogP contribution in [0.1, 0.15) is 18.9 Å². The Morgan fingerprint density at radius 1 is 1.24 bits per heavy atom. The summed E-state index contributed by atoms with van der Waals surface area (Å²) in [5.74, 6) is 0.204. The van der Waals surface area contributed by atoms with Gasteiger partial charge in [-0.25, -0.2) is 4.98 Å². The van der Waals surface area contributed by atoms with Crippen LogP contribution in [0.2, 0.25) is 0 Å². The molecule has 2 rings (SSSR count). The van der Waals surface area contributed by atoms with E-state index < -0.39 is 12.7 Å². The Labute approximate surface area is 121 Å². The van der Waals surface area contributed by atoms with Crippen molar-refractivity contribution in [3.8, 4) is 0 Å². The summed E-state index contributed by atoms with van der Waals surface area (Å²) in [7, 11) is 0. The number of para-hydroxylation sites is 1. The van der Waals surface area contributed by atoms with Crippen molar-refractivity contribution in [2.24, 2.45) is 0 Å². The minimum absolute atomic E-state index is 0.204. The van der Waals surface area contributed by atoms with Gasteiger partial charge in [0.05, 0.1) is 12.1 Å². The number of aromatic nitrogens is 1. The molecule has 114 valence electrons. The third-order valence-corrected chi connectivity index (χ3v) is 3.11. The number of hydrogen-bond donors (Lipinski definition) is 1. The SMILES string of the molecule is CCCN(CC(F)(F)F)c1nc2ccccc2cc1CO. The molecule has 0 saturated carbocycles. The van der Waals surface area contributed by atoms with Gasteiger partial charge < -0.3 is 10.0 Å². The van der Waals surface area contributed by atoms with Gasteiger partial charge in [-0.1, -0.05) is 25.1 Å². The predicted molar refractivity (Wildman–Crippen MR) is 76.2 cm³/mol. The zero-order valence-electron chi connectivity index (χ0n) is 11.7. The average Bonchev–Trinajstić information content (AvgIpc) is 2.44. The molecule has 0 spiro atoms. The van der Waals surface area contributed by atoms with Crippen LogP contribution in [-0.4, -0.2) is 29.4 Å². The van der Waals surface area contributed by atoms with E-state index in [2.05, 4.69) is 4.98 Å². The third kappa shape index (κ3) is 3.85. The fourth-order valence-corrected chi connectivity index (χ4v) is 2.29.